The SMILES string of the molecule is Cc1cncc(C(=O)C(CN)CC(C)C)c1. The van der Waals surface area contributed by atoms with E-state index in [0.29, 0.717) is 18.0 Å². The largest absolute Gasteiger partial charge is 0.330 e. The fourth-order valence-corrected chi connectivity index (χ4v) is 1.80. The number of aryl methyl sites for hydroxylation is 1. The van der Waals surface area contributed by atoms with Crippen LogP contribution in [0.3, 0.4) is 0 Å². The van der Waals surface area contributed by atoms with Crippen molar-refractivity contribution in [3.05, 3.63) is 29.6 Å². The molecule has 0 aliphatic heterocycles. The molecular weight excluding hydrogens is 200 g/mol. The molecule has 0 radical (unpaired) electrons. The molecule has 0 aromatic carbocycles. The van der Waals surface area contributed by atoms with Crippen LogP contribution in [0.5, 0.6) is 0 Å². The number of aromatic nitrogens is 1. The third-order valence-electron chi connectivity index (χ3n) is 2.57. The molecular formula is C13H20N2O. The van der Waals surface area contributed by atoms with Crippen molar-refractivity contribution in [1.82, 2.24) is 4.98 Å². The van der Waals surface area contributed by atoms with E-state index in [-0.39, 0.29) is 11.7 Å². The highest BCUT2D eigenvalue weighted by molar-refractivity contribution is 5.97. The van der Waals surface area contributed by atoms with E-state index in [0.717, 1.165) is 12.0 Å². The van der Waals surface area contributed by atoms with E-state index in [4.69, 9.17) is 5.73 Å². The van der Waals surface area contributed by atoms with Crippen molar-refractivity contribution in [2.75, 3.05) is 6.54 Å². The summed E-state index contributed by atoms with van der Waals surface area (Å²) in [5, 5.41) is 0. The van der Waals surface area contributed by atoms with Crippen molar-refractivity contribution < 1.29 is 4.79 Å². The average Bonchev–Trinajstić information content (AvgIpc) is 2.24. The molecule has 0 saturated heterocycles. The Morgan fingerprint density at radius 3 is 2.62 bits per heavy atom. The minimum atomic E-state index is -0.0800. The summed E-state index contributed by atoms with van der Waals surface area (Å²) in [4.78, 5) is 16.2. The molecule has 0 bridgehead atoms. The Hall–Kier alpha value is -1.22. The molecule has 2 N–H and O–H groups in total. The van der Waals surface area contributed by atoms with Gasteiger partial charge in [-0.1, -0.05) is 13.8 Å². The Balaban J connectivity index is 2.82. The zero-order valence-corrected chi connectivity index (χ0v) is 10.2. The Morgan fingerprint density at radius 2 is 2.12 bits per heavy atom. The summed E-state index contributed by atoms with van der Waals surface area (Å²) in [7, 11) is 0. The lowest BCUT2D eigenvalue weighted by Gasteiger charge is -2.15. The molecule has 0 aliphatic rings. The molecule has 1 atom stereocenters. The van der Waals surface area contributed by atoms with Gasteiger partial charge in [0.15, 0.2) is 5.78 Å². The standard InChI is InChI=1S/C13H20N2O/c1-9(2)4-11(6-14)13(16)12-5-10(3)7-15-8-12/h5,7-9,11H,4,6,14H2,1-3H3. The first-order valence-corrected chi connectivity index (χ1v) is 5.70. The molecule has 0 spiro atoms. The van der Waals surface area contributed by atoms with Gasteiger partial charge in [-0.25, -0.2) is 0 Å². The maximum atomic E-state index is 12.1. The topological polar surface area (TPSA) is 56.0 Å². The molecule has 3 nitrogen and oxygen atoms in total. The van der Waals surface area contributed by atoms with Crippen molar-refractivity contribution in [3.8, 4) is 0 Å². The number of Topliss-reactive ketones (excluding diaryl/α,β-unsaturated/α-hetero) is 1. The minimum absolute atomic E-state index is 0.0800. The van der Waals surface area contributed by atoms with Gasteiger partial charge in [-0.05, 0) is 30.9 Å². The highest BCUT2D eigenvalue weighted by atomic mass is 16.1. The van der Waals surface area contributed by atoms with Crippen molar-refractivity contribution in [1.29, 1.82) is 0 Å². The zero-order chi connectivity index (χ0) is 12.1. The van der Waals surface area contributed by atoms with Gasteiger partial charge in [-0.3, -0.25) is 9.78 Å². The Bertz CT molecular complexity index is 361. The second-order valence-corrected chi connectivity index (χ2v) is 4.68. The number of nitrogens with two attached hydrogens (primary N) is 1. The summed E-state index contributed by atoms with van der Waals surface area (Å²) in [6.45, 7) is 6.55. The summed E-state index contributed by atoms with van der Waals surface area (Å²) in [6.07, 6.45) is 4.21. The fraction of sp³-hybridized carbons (Fsp3) is 0.538. The maximum Gasteiger partial charge on any atom is 0.168 e. The molecule has 0 aliphatic carbocycles. The Kier molecular flexibility index (Phi) is 4.62. The van der Waals surface area contributed by atoms with Gasteiger partial charge < -0.3 is 5.73 Å². The molecule has 1 unspecified atom stereocenters. The van der Waals surface area contributed by atoms with Gasteiger partial charge in [0, 0.05) is 30.4 Å². The summed E-state index contributed by atoms with van der Waals surface area (Å²) in [6, 6.07) is 1.87. The lowest BCUT2D eigenvalue weighted by atomic mass is 9.90. The van der Waals surface area contributed by atoms with Crippen LogP contribution in [-0.4, -0.2) is 17.3 Å². The fourth-order valence-electron chi connectivity index (χ4n) is 1.80. The van der Waals surface area contributed by atoms with Crippen molar-refractivity contribution in [3.63, 3.8) is 0 Å². The first-order chi connectivity index (χ1) is 7.54. The van der Waals surface area contributed by atoms with Crippen LogP contribution in [0.1, 0.15) is 36.2 Å². The third-order valence-corrected chi connectivity index (χ3v) is 2.57. The van der Waals surface area contributed by atoms with Crippen LogP contribution in [0.4, 0.5) is 0 Å². The number of pyridine rings is 1. The first-order valence-electron chi connectivity index (χ1n) is 5.70. The molecule has 0 saturated carbocycles. The quantitative estimate of drug-likeness (QED) is 0.774. The highest BCUT2D eigenvalue weighted by Gasteiger charge is 2.19. The molecule has 88 valence electrons. The van der Waals surface area contributed by atoms with Gasteiger partial charge in [0.1, 0.15) is 0 Å². The third kappa shape index (κ3) is 3.42. The molecule has 0 fully saturated rings. The normalized spacial score (nSPS) is 12.8. The first kappa shape index (κ1) is 12.8. The van der Waals surface area contributed by atoms with Gasteiger partial charge in [0.05, 0.1) is 0 Å². The smallest absolute Gasteiger partial charge is 0.168 e. The van der Waals surface area contributed by atoms with Crippen molar-refractivity contribution >= 4 is 5.78 Å². The van der Waals surface area contributed by atoms with Crippen LogP contribution < -0.4 is 5.73 Å². The second-order valence-electron chi connectivity index (χ2n) is 4.68. The van der Waals surface area contributed by atoms with Gasteiger partial charge in [-0.15, -0.1) is 0 Å². The van der Waals surface area contributed by atoms with Crippen LogP contribution >= 0.6 is 0 Å². The van der Waals surface area contributed by atoms with Gasteiger partial charge in [-0.2, -0.15) is 0 Å². The monoisotopic (exact) mass is 220 g/mol. The Labute approximate surface area is 97.1 Å². The van der Waals surface area contributed by atoms with Gasteiger partial charge in [0.25, 0.3) is 0 Å². The van der Waals surface area contributed by atoms with E-state index >= 15 is 0 Å². The van der Waals surface area contributed by atoms with E-state index < -0.39 is 0 Å². The lowest BCUT2D eigenvalue weighted by molar-refractivity contribution is 0.0908. The molecule has 1 rings (SSSR count). The number of rotatable bonds is 5. The maximum absolute atomic E-state index is 12.1. The summed E-state index contributed by atoms with van der Waals surface area (Å²) in [5.74, 6) is 0.520. The van der Waals surface area contributed by atoms with Crippen LogP contribution in [0, 0.1) is 18.8 Å². The summed E-state index contributed by atoms with van der Waals surface area (Å²) in [5.41, 5.74) is 7.34. The summed E-state index contributed by atoms with van der Waals surface area (Å²) >= 11 is 0. The predicted molar refractivity (Wildman–Crippen MR) is 65.3 cm³/mol. The second kappa shape index (κ2) is 5.75. The summed E-state index contributed by atoms with van der Waals surface area (Å²) < 4.78 is 0. The number of nitrogens with zero attached hydrogens (tertiary/aromatic N) is 1. The molecule has 1 aromatic rings. The van der Waals surface area contributed by atoms with Crippen molar-refractivity contribution in [2.45, 2.75) is 27.2 Å². The molecule has 1 aromatic heterocycles. The molecule has 16 heavy (non-hydrogen) atoms. The van der Waals surface area contributed by atoms with E-state index in [1.807, 2.05) is 13.0 Å². The van der Waals surface area contributed by atoms with E-state index in [1.165, 1.54) is 0 Å². The van der Waals surface area contributed by atoms with Crippen LogP contribution in [-0.2, 0) is 0 Å². The number of hydrogen-bond acceptors (Lipinski definition) is 3. The van der Waals surface area contributed by atoms with E-state index in [2.05, 4.69) is 18.8 Å². The van der Waals surface area contributed by atoms with Gasteiger partial charge in [0.2, 0.25) is 0 Å². The zero-order valence-electron chi connectivity index (χ0n) is 10.2. The Morgan fingerprint density at radius 1 is 1.44 bits per heavy atom. The predicted octanol–water partition coefficient (Wildman–Crippen LogP) is 2.19. The van der Waals surface area contributed by atoms with E-state index in [1.54, 1.807) is 12.4 Å². The number of carbonyl (C=O) groups is 1. The molecule has 3 heteroatoms. The number of hydrogen-bond donors (Lipinski definition) is 1. The van der Waals surface area contributed by atoms with Crippen LogP contribution in [0.2, 0.25) is 0 Å². The van der Waals surface area contributed by atoms with Crippen LogP contribution in [0.25, 0.3) is 0 Å². The number of ketones is 1. The van der Waals surface area contributed by atoms with Crippen LogP contribution in [0.15, 0.2) is 18.5 Å². The van der Waals surface area contributed by atoms with Gasteiger partial charge >= 0.3 is 0 Å². The lowest BCUT2D eigenvalue weighted by Crippen LogP contribution is -2.25. The molecule has 1 heterocycles. The average molecular weight is 220 g/mol. The number of carbonyl (C=O) groups excluding carboxylic acids is 1. The highest BCUT2D eigenvalue weighted by Crippen LogP contribution is 2.16. The van der Waals surface area contributed by atoms with Crippen molar-refractivity contribution in [2.24, 2.45) is 17.6 Å². The minimum Gasteiger partial charge on any atom is -0.330 e. The molecule has 0 amide bonds. The van der Waals surface area contributed by atoms with E-state index in [9.17, 15) is 4.79 Å².